The molecule has 0 bridgehead atoms. The van der Waals surface area contributed by atoms with Gasteiger partial charge in [-0.3, -0.25) is 19.1 Å². The van der Waals surface area contributed by atoms with Crippen LogP contribution >= 0.6 is 0 Å². The van der Waals surface area contributed by atoms with E-state index in [1.54, 1.807) is 0 Å². The van der Waals surface area contributed by atoms with E-state index in [-0.39, 0.29) is 24.3 Å². The van der Waals surface area contributed by atoms with Crippen molar-refractivity contribution >= 4 is 27.6 Å². The lowest BCUT2D eigenvalue weighted by molar-refractivity contribution is -0.134. The molecule has 1 atom stereocenters. The molecule has 8 heteroatoms. The number of carbonyl (C=O) groups excluding carboxylic acids is 2. The first-order valence-electron chi connectivity index (χ1n) is 7.37. The third-order valence-electron chi connectivity index (χ3n) is 3.50. The Bertz CT molecular complexity index is 670. The van der Waals surface area contributed by atoms with Crippen LogP contribution < -0.4 is 10.6 Å². The molecule has 1 aliphatic heterocycles. The molecule has 2 N–H and O–H groups in total. The predicted molar refractivity (Wildman–Crippen MR) is 85.5 cm³/mol. The maximum Gasteiger partial charge on any atom is 0.264 e. The van der Waals surface area contributed by atoms with Crippen LogP contribution in [0, 0.1) is 0 Å². The van der Waals surface area contributed by atoms with Crippen LogP contribution in [-0.4, -0.2) is 39.6 Å². The highest BCUT2D eigenvalue weighted by Crippen LogP contribution is 2.25. The van der Waals surface area contributed by atoms with Crippen LogP contribution in [0.1, 0.15) is 30.7 Å². The molecule has 0 spiro atoms. The van der Waals surface area contributed by atoms with E-state index in [0.717, 1.165) is 17.5 Å². The number of carbonyl (C=O) groups is 2. The van der Waals surface area contributed by atoms with Gasteiger partial charge in [0.25, 0.3) is 10.1 Å². The number of hydrogen-bond donors (Lipinski definition) is 2. The van der Waals surface area contributed by atoms with Crippen LogP contribution in [0.4, 0.5) is 5.69 Å². The van der Waals surface area contributed by atoms with Gasteiger partial charge in [-0.1, -0.05) is 12.1 Å². The Kier molecular flexibility index (Phi) is 5.73. The molecule has 1 aromatic carbocycles. The maximum absolute atomic E-state index is 11.8. The van der Waals surface area contributed by atoms with E-state index in [2.05, 4.69) is 14.8 Å². The molecule has 1 aliphatic rings. The maximum atomic E-state index is 11.8. The molecule has 1 fully saturated rings. The topological polar surface area (TPSA) is 102 Å². The summed E-state index contributed by atoms with van der Waals surface area (Å²) in [5, 5.41) is 5.50. The lowest BCUT2D eigenvalue weighted by atomic mass is 9.90. The number of amides is 2. The predicted octanol–water partition coefficient (Wildman–Crippen LogP) is 0.985. The number of anilines is 1. The minimum Gasteiger partial charge on any atom is -0.385 e. The molecule has 126 valence electrons. The van der Waals surface area contributed by atoms with Gasteiger partial charge in [0.1, 0.15) is 0 Å². The number of imide groups is 1. The summed E-state index contributed by atoms with van der Waals surface area (Å²) in [4.78, 5) is 23.0. The summed E-state index contributed by atoms with van der Waals surface area (Å²) in [7, 11) is -3.39. The van der Waals surface area contributed by atoms with Crippen LogP contribution in [0.25, 0.3) is 0 Å². The summed E-state index contributed by atoms with van der Waals surface area (Å²) in [6.07, 6.45) is 2.47. The zero-order chi connectivity index (χ0) is 16.9. The van der Waals surface area contributed by atoms with Crippen LogP contribution in [0.5, 0.6) is 0 Å². The molecule has 0 radical (unpaired) electrons. The van der Waals surface area contributed by atoms with Crippen molar-refractivity contribution in [2.24, 2.45) is 0 Å². The van der Waals surface area contributed by atoms with Crippen molar-refractivity contribution in [1.29, 1.82) is 0 Å². The van der Waals surface area contributed by atoms with Gasteiger partial charge in [0.15, 0.2) is 0 Å². The number of rotatable bonds is 7. The van der Waals surface area contributed by atoms with Crippen molar-refractivity contribution in [3.63, 3.8) is 0 Å². The number of nitrogens with one attached hydrogen (secondary N) is 2. The van der Waals surface area contributed by atoms with Gasteiger partial charge in [0, 0.05) is 18.7 Å². The summed E-state index contributed by atoms with van der Waals surface area (Å²) in [6, 6.07) is 7.43. The SMILES string of the molecule is CS(=O)(=O)OCCCNc1ccc(C2CCC(=O)NC2=O)cc1. The first-order valence-corrected chi connectivity index (χ1v) is 9.19. The molecule has 1 saturated heterocycles. The zero-order valence-corrected chi connectivity index (χ0v) is 13.7. The number of piperidine rings is 1. The van der Waals surface area contributed by atoms with Gasteiger partial charge in [-0.05, 0) is 30.5 Å². The van der Waals surface area contributed by atoms with Crippen molar-refractivity contribution in [3.8, 4) is 0 Å². The van der Waals surface area contributed by atoms with Gasteiger partial charge < -0.3 is 5.32 Å². The lowest BCUT2D eigenvalue weighted by Crippen LogP contribution is -2.39. The average Bonchev–Trinajstić information content (AvgIpc) is 2.47. The fourth-order valence-corrected chi connectivity index (χ4v) is 2.78. The monoisotopic (exact) mass is 340 g/mol. The third kappa shape index (κ3) is 5.65. The second kappa shape index (κ2) is 7.56. The molecule has 0 aromatic heterocycles. The Morgan fingerprint density at radius 1 is 1.26 bits per heavy atom. The van der Waals surface area contributed by atoms with E-state index in [0.29, 0.717) is 25.8 Å². The second-order valence-electron chi connectivity index (χ2n) is 5.43. The van der Waals surface area contributed by atoms with Gasteiger partial charge in [0.2, 0.25) is 11.8 Å². The molecular formula is C15H20N2O5S. The van der Waals surface area contributed by atoms with E-state index in [1.165, 1.54) is 0 Å². The Hall–Kier alpha value is -1.93. The van der Waals surface area contributed by atoms with Gasteiger partial charge in [0.05, 0.1) is 18.8 Å². The van der Waals surface area contributed by atoms with Crippen molar-refractivity contribution in [1.82, 2.24) is 5.32 Å². The minimum absolute atomic E-state index is 0.139. The van der Waals surface area contributed by atoms with Crippen LogP contribution in [0.2, 0.25) is 0 Å². The van der Waals surface area contributed by atoms with Crippen molar-refractivity contribution in [2.75, 3.05) is 24.7 Å². The molecule has 2 rings (SSSR count). The highest BCUT2D eigenvalue weighted by Gasteiger charge is 2.27. The lowest BCUT2D eigenvalue weighted by Gasteiger charge is -2.21. The normalized spacial score (nSPS) is 18.6. The van der Waals surface area contributed by atoms with Crippen LogP contribution in [0.15, 0.2) is 24.3 Å². The molecule has 1 aromatic rings. The second-order valence-corrected chi connectivity index (χ2v) is 7.08. The summed E-state index contributed by atoms with van der Waals surface area (Å²) < 4.78 is 26.3. The largest absolute Gasteiger partial charge is 0.385 e. The van der Waals surface area contributed by atoms with Crippen molar-refractivity contribution < 1.29 is 22.2 Å². The molecule has 23 heavy (non-hydrogen) atoms. The van der Waals surface area contributed by atoms with Crippen LogP contribution in [0.3, 0.4) is 0 Å². The molecule has 1 heterocycles. The Labute approximate surface area is 135 Å². The highest BCUT2D eigenvalue weighted by molar-refractivity contribution is 7.85. The summed E-state index contributed by atoms with van der Waals surface area (Å²) >= 11 is 0. The van der Waals surface area contributed by atoms with Crippen LogP contribution in [-0.2, 0) is 23.9 Å². The van der Waals surface area contributed by atoms with E-state index in [1.807, 2.05) is 24.3 Å². The molecule has 7 nitrogen and oxygen atoms in total. The fraction of sp³-hybridized carbons (Fsp3) is 0.467. The standard InChI is InChI=1S/C15H20N2O5S/c1-23(20,21)22-10-2-9-16-12-5-3-11(4-6-12)13-7-8-14(18)17-15(13)19/h3-6,13,16H,2,7-10H2,1H3,(H,17,18,19). The summed E-state index contributed by atoms with van der Waals surface area (Å²) in [6.45, 7) is 0.716. The highest BCUT2D eigenvalue weighted by atomic mass is 32.2. The Balaban J connectivity index is 1.80. The molecule has 2 amide bonds. The Morgan fingerprint density at radius 3 is 2.57 bits per heavy atom. The molecule has 0 saturated carbocycles. The first-order chi connectivity index (χ1) is 10.8. The van der Waals surface area contributed by atoms with E-state index >= 15 is 0 Å². The quantitative estimate of drug-likeness (QED) is 0.436. The van der Waals surface area contributed by atoms with Gasteiger partial charge >= 0.3 is 0 Å². The fourth-order valence-electron chi connectivity index (χ4n) is 2.36. The van der Waals surface area contributed by atoms with E-state index in [9.17, 15) is 18.0 Å². The molecule has 0 aliphatic carbocycles. The zero-order valence-electron chi connectivity index (χ0n) is 12.9. The first kappa shape index (κ1) is 17.4. The van der Waals surface area contributed by atoms with Crippen molar-refractivity contribution in [3.05, 3.63) is 29.8 Å². The summed E-state index contributed by atoms with van der Waals surface area (Å²) in [5.74, 6) is -0.759. The van der Waals surface area contributed by atoms with Gasteiger partial charge in [-0.25, -0.2) is 0 Å². The van der Waals surface area contributed by atoms with E-state index in [4.69, 9.17) is 0 Å². The Morgan fingerprint density at radius 2 is 1.96 bits per heavy atom. The average molecular weight is 340 g/mol. The third-order valence-corrected chi connectivity index (χ3v) is 4.09. The smallest absolute Gasteiger partial charge is 0.264 e. The van der Waals surface area contributed by atoms with Crippen molar-refractivity contribution in [2.45, 2.75) is 25.2 Å². The molecular weight excluding hydrogens is 320 g/mol. The number of hydrogen-bond acceptors (Lipinski definition) is 6. The van der Waals surface area contributed by atoms with Gasteiger partial charge in [-0.2, -0.15) is 8.42 Å². The van der Waals surface area contributed by atoms with Gasteiger partial charge in [-0.15, -0.1) is 0 Å². The number of benzene rings is 1. The van der Waals surface area contributed by atoms with E-state index < -0.39 is 10.1 Å². The molecule has 1 unspecified atom stereocenters. The summed E-state index contributed by atoms with van der Waals surface area (Å²) in [5.41, 5.74) is 1.75. The minimum atomic E-state index is -3.39.